The Morgan fingerprint density at radius 2 is 1.22 bits per heavy atom. The topological polar surface area (TPSA) is 124 Å². The van der Waals surface area contributed by atoms with Crippen LogP contribution in [0.1, 0.15) is 0 Å². The zero-order valence-corrected chi connectivity index (χ0v) is 4.01. The lowest BCUT2D eigenvalue weighted by Gasteiger charge is -1.72. The van der Waals surface area contributed by atoms with Crippen molar-refractivity contribution in [2.24, 2.45) is 5.34 Å². The molecule has 0 aliphatic heterocycles. The van der Waals surface area contributed by atoms with E-state index in [0.717, 1.165) is 0 Å². The maximum absolute atomic E-state index is 9.10. The third kappa shape index (κ3) is 21.8. The van der Waals surface area contributed by atoms with E-state index in [9.17, 15) is 0 Å². The van der Waals surface area contributed by atoms with Crippen LogP contribution >= 0.6 is 0 Å². The maximum Gasteiger partial charge on any atom is 0.414 e. The summed E-state index contributed by atoms with van der Waals surface area (Å²) in [6, 6.07) is 0. The van der Waals surface area contributed by atoms with Crippen LogP contribution in [-0.2, 0) is 9.59 Å². The molecule has 7 heteroatoms. The summed E-state index contributed by atoms with van der Waals surface area (Å²) in [6.07, 6.45) is 0. The first kappa shape index (κ1) is 10.3. The molecule has 0 aromatic carbocycles. The fourth-order valence-corrected chi connectivity index (χ4v) is 0. The van der Waals surface area contributed by atoms with E-state index < -0.39 is 11.9 Å². The second-order valence-electron chi connectivity index (χ2n) is 0.692. The summed E-state index contributed by atoms with van der Waals surface area (Å²) in [5, 5.41) is 22.7. The van der Waals surface area contributed by atoms with Gasteiger partial charge in [-0.25, -0.2) is 9.59 Å². The van der Waals surface area contributed by atoms with Gasteiger partial charge in [0.2, 0.25) is 0 Å². The average molecular weight is 137 g/mol. The molecule has 0 heterocycles. The summed E-state index contributed by atoms with van der Waals surface area (Å²) in [4.78, 5) is 26.3. The number of aliphatic carboxylic acids is 2. The summed E-state index contributed by atoms with van der Waals surface area (Å²) in [7, 11) is 0. The summed E-state index contributed by atoms with van der Waals surface area (Å²) >= 11 is 0. The van der Waals surface area contributed by atoms with Crippen molar-refractivity contribution < 1.29 is 25.0 Å². The minimum atomic E-state index is -1.82. The molecule has 0 bridgehead atoms. The van der Waals surface area contributed by atoms with E-state index in [2.05, 4.69) is 0 Å². The van der Waals surface area contributed by atoms with Crippen LogP contribution in [-0.4, -0.2) is 27.4 Å². The average Bonchev–Trinajstić information content (AvgIpc) is 1.68. The van der Waals surface area contributed by atoms with Crippen molar-refractivity contribution in [2.45, 2.75) is 0 Å². The van der Waals surface area contributed by atoms with Crippen molar-refractivity contribution in [1.82, 2.24) is 0 Å². The van der Waals surface area contributed by atoms with E-state index in [-0.39, 0.29) is 0 Å². The number of rotatable bonds is 0. The largest absolute Gasteiger partial charge is 0.473 e. The van der Waals surface area contributed by atoms with Gasteiger partial charge in [-0.1, -0.05) is 0 Å². The van der Waals surface area contributed by atoms with Gasteiger partial charge in [-0.05, 0) is 0 Å². The highest BCUT2D eigenvalue weighted by Crippen LogP contribution is 1.56. The molecule has 0 unspecified atom stereocenters. The Morgan fingerprint density at radius 3 is 1.22 bits per heavy atom. The van der Waals surface area contributed by atoms with E-state index in [0.29, 0.717) is 0 Å². The Morgan fingerprint density at radius 1 is 1.11 bits per heavy atom. The second kappa shape index (κ2) is 6.34. The number of nitrogens with zero attached hydrogens (tertiary/aromatic N) is 1. The first-order chi connectivity index (χ1) is 4.06. The normalized spacial score (nSPS) is 6.22. The van der Waals surface area contributed by atoms with Gasteiger partial charge < -0.3 is 15.4 Å². The lowest BCUT2D eigenvalue weighted by atomic mass is 10.7. The number of carboxylic acids is 2. The van der Waals surface area contributed by atoms with Gasteiger partial charge in [0, 0.05) is 0 Å². The quantitative estimate of drug-likeness (QED) is 0.230. The van der Waals surface area contributed by atoms with Gasteiger partial charge in [0.1, 0.15) is 0 Å². The molecule has 0 rings (SSSR count). The highest BCUT2D eigenvalue weighted by Gasteiger charge is 2.04. The third-order valence-corrected chi connectivity index (χ3v) is 0.183. The molecule has 0 saturated carbocycles. The first-order valence-corrected chi connectivity index (χ1v) is 1.49. The predicted octanol–water partition coefficient (Wildman–Crippen LogP) is -0.702. The van der Waals surface area contributed by atoms with Crippen molar-refractivity contribution in [1.29, 1.82) is 0 Å². The molecule has 0 aromatic heterocycles. The van der Waals surface area contributed by atoms with Crippen molar-refractivity contribution in [3.05, 3.63) is 4.91 Å². The van der Waals surface area contributed by atoms with Crippen LogP contribution in [0.25, 0.3) is 0 Å². The Hall–Kier alpha value is -1.66. The maximum atomic E-state index is 9.10. The predicted molar refractivity (Wildman–Crippen MR) is 22.9 cm³/mol. The fourth-order valence-electron chi connectivity index (χ4n) is 0. The van der Waals surface area contributed by atoms with Crippen molar-refractivity contribution >= 4 is 11.9 Å². The Balaban J connectivity index is 0. The van der Waals surface area contributed by atoms with Gasteiger partial charge in [-0.2, -0.15) is 0 Å². The van der Waals surface area contributed by atoms with E-state index in [4.69, 9.17) is 29.9 Å². The Kier molecular flexibility index (Phi) is 7.29. The molecule has 0 aromatic rings. The number of hydrogen-bond donors (Lipinski definition) is 3. The van der Waals surface area contributed by atoms with Crippen LogP contribution in [0.4, 0.5) is 0 Å². The summed E-state index contributed by atoms with van der Waals surface area (Å²) < 4.78 is 0. The van der Waals surface area contributed by atoms with Gasteiger partial charge in [-0.3, -0.25) is 0 Å². The Bertz CT molecular complexity index is 106. The molecule has 0 amide bonds. The Labute approximate surface area is 48.5 Å². The lowest BCUT2D eigenvalue weighted by molar-refractivity contribution is -0.159. The van der Waals surface area contributed by atoms with Crippen LogP contribution < -0.4 is 0 Å². The minimum absolute atomic E-state index is 1.25. The molecule has 0 saturated heterocycles. The molecule has 0 radical (unpaired) electrons. The molecule has 0 aliphatic rings. The molecule has 9 heavy (non-hydrogen) atoms. The second-order valence-corrected chi connectivity index (χ2v) is 0.692. The molecule has 0 aliphatic carbocycles. The summed E-state index contributed by atoms with van der Waals surface area (Å²) in [6.45, 7) is 0. The van der Waals surface area contributed by atoms with Crippen molar-refractivity contribution in [3.63, 3.8) is 0 Å². The fraction of sp³-hybridized carbons (Fsp3) is 0. The summed E-state index contributed by atoms with van der Waals surface area (Å²) in [5.74, 6) is -3.65. The molecular formula is C2H3NO6. The van der Waals surface area contributed by atoms with Crippen molar-refractivity contribution in [3.8, 4) is 0 Å². The highest BCUT2D eigenvalue weighted by atomic mass is 16.6. The molecule has 0 fully saturated rings. The number of carboxylic acid groups (broad SMARTS) is 2. The molecule has 52 valence electrons. The smallest absolute Gasteiger partial charge is 0.414 e. The van der Waals surface area contributed by atoms with E-state index in [1.165, 1.54) is 5.34 Å². The van der Waals surface area contributed by atoms with Gasteiger partial charge >= 0.3 is 11.9 Å². The SMILES string of the molecule is O=C(O)C(=O)O.O=NO. The molecule has 7 nitrogen and oxygen atoms in total. The van der Waals surface area contributed by atoms with Gasteiger partial charge in [0.05, 0.1) is 0 Å². The lowest BCUT2D eigenvalue weighted by Crippen LogP contribution is -2.09. The number of hydrogen-bond acceptors (Lipinski definition) is 4. The van der Waals surface area contributed by atoms with E-state index in [1.807, 2.05) is 0 Å². The standard InChI is InChI=1S/C2H2O4.HNO2/c3-1(4)2(5)6;2-1-3/h(H,3,4)(H,5,6);(H,2,3). The first-order valence-electron chi connectivity index (χ1n) is 1.49. The van der Waals surface area contributed by atoms with Crippen LogP contribution in [0.5, 0.6) is 0 Å². The summed E-state index contributed by atoms with van der Waals surface area (Å²) in [5.41, 5.74) is 0. The molecule has 0 atom stereocenters. The molecule has 0 spiro atoms. The van der Waals surface area contributed by atoms with Gasteiger partial charge in [0.25, 0.3) is 0 Å². The van der Waals surface area contributed by atoms with Crippen LogP contribution in [0, 0.1) is 4.91 Å². The monoisotopic (exact) mass is 137 g/mol. The molecule has 3 N–H and O–H groups in total. The van der Waals surface area contributed by atoms with Gasteiger partial charge in [0.15, 0.2) is 5.34 Å². The highest BCUT2D eigenvalue weighted by molar-refractivity contribution is 6.27. The molecular weight excluding hydrogens is 134 g/mol. The van der Waals surface area contributed by atoms with Crippen LogP contribution in [0.15, 0.2) is 5.34 Å². The number of carbonyl (C=O) groups is 2. The zero-order chi connectivity index (χ0) is 7.86. The van der Waals surface area contributed by atoms with Crippen LogP contribution in [0.3, 0.4) is 0 Å². The zero-order valence-electron chi connectivity index (χ0n) is 4.01. The third-order valence-electron chi connectivity index (χ3n) is 0.183. The van der Waals surface area contributed by atoms with E-state index >= 15 is 0 Å². The van der Waals surface area contributed by atoms with Crippen molar-refractivity contribution in [2.75, 3.05) is 0 Å². The van der Waals surface area contributed by atoms with Gasteiger partial charge in [-0.15, -0.1) is 4.91 Å². The van der Waals surface area contributed by atoms with Crippen LogP contribution in [0.2, 0.25) is 0 Å². The van der Waals surface area contributed by atoms with E-state index in [1.54, 1.807) is 0 Å². The minimum Gasteiger partial charge on any atom is -0.473 e.